The fraction of sp³-hybridized carbons (Fsp3) is 1.00. The molecular formula is C13H26O2. The molecule has 1 rings (SSSR count). The Balaban J connectivity index is 2.14. The molecule has 0 aromatic heterocycles. The van der Waals surface area contributed by atoms with Crippen molar-refractivity contribution < 1.29 is 9.84 Å². The van der Waals surface area contributed by atoms with E-state index < -0.39 is 0 Å². The molecule has 2 nitrogen and oxygen atoms in total. The maximum absolute atomic E-state index is 9.88. The van der Waals surface area contributed by atoms with E-state index in [4.69, 9.17) is 4.74 Å². The molecule has 1 fully saturated rings. The summed E-state index contributed by atoms with van der Waals surface area (Å²) in [6, 6.07) is 0. The summed E-state index contributed by atoms with van der Waals surface area (Å²) in [6.07, 6.45) is 6.54. The lowest BCUT2D eigenvalue weighted by Crippen LogP contribution is -2.25. The molecule has 0 spiro atoms. The van der Waals surface area contributed by atoms with Gasteiger partial charge in [-0.1, -0.05) is 20.8 Å². The minimum atomic E-state index is -0.174. The Kier molecular flexibility index (Phi) is 5.07. The highest BCUT2D eigenvalue weighted by atomic mass is 16.5. The van der Waals surface area contributed by atoms with Crippen LogP contribution in [-0.4, -0.2) is 23.9 Å². The van der Waals surface area contributed by atoms with E-state index in [-0.39, 0.29) is 6.10 Å². The summed E-state index contributed by atoms with van der Waals surface area (Å²) in [7, 11) is 0. The maximum atomic E-state index is 9.88. The van der Waals surface area contributed by atoms with Gasteiger partial charge in [0.2, 0.25) is 0 Å². The molecule has 2 unspecified atom stereocenters. The first kappa shape index (κ1) is 13.0. The first-order chi connectivity index (χ1) is 6.97. The molecule has 0 radical (unpaired) electrons. The van der Waals surface area contributed by atoms with Crippen LogP contribution in [0.2, 0.25) is 0 Å². The molecule has 1 aliphatic rings. The van der Waals surface area contributed by atoms with Crippen LogP contribution in [-0.2, 0) is 4.74 Å². The van der Waals surface area contributed by atoms with Gasteiger partial charge in [0.1, 0.15) is 0 Å². The van der Waals surface area contributed by atoms with Gasteiger partial charge in [0, 0.05) is 6.61 Å². The van der Waals surface area contributed by atoms with Crippen molar-refractivity contribution in [2.45, 2.75) is 71.5 Å². The van der Waals surface area contributed by atoms with Crippen molar-refractivity contribution in [1.29, 1.82) is 0 Å². The highest BCUT2D eigenvalue weighted by molar-refractivity contribution is 4.71. The van der Waals surface area contributed by atoms with Crippen LogP contribution in [0.1, 0.15) is 59.3 Å². The summed E-state index contributed by atoms with van der Waals surface area (Å²) in [5.74, 6) is 0. The van der Waals surface area contributed by atoms with Gasteiger partial charge in [0.25, 0.3) is 0 Å². The molecule has 0 aromatic carbocycles. The quantitative estimate of drug-likeness (QED) is 0.779. The lowest BCUT2D eigenvalue weighted by atomic mass is 9.88. The van der Waals surface area contributed by atoms with Crippen molar-refractivity contribution in [1.82, 2.24) is 0 Å². The lowest BCUT2D eigenvalue weighted by Gasteiger charge is -2.26. The minimum Gasteiger partial charge on any atom is -0.393 e. The molecule has 2 heteroatoms. The predicted molar refractivity (Wildman–Crippen MR) is 62.9 cm³/mol. The molecule has 0 amide bonds. The van der Waals surface area contributed by atoms with Gasteiger partial charge in [0.15, 0.2) is 0 Å². The van der Waals surface area contributed by atoms with E-state index in [0.717, 1.165) is 32.3 Å². The summed E-state index contributed by atoms with van der Waals surface area (Å²) in [6.45, 7) is 7.54. The first-order valence-corrected chi connectivity index (χ1v) is 6.27. The second-order valence-corrected chi connectivity index (χ2v) is 5.98. The average molecular weight is 214 g/mol. The Labute approximate surface area is 94.0 Å². The molecule has 1 aliphatic heterocycles. The Hall–Kier alpha value is -0.0800. The van der Waals surface area contributed by atoms with Gasteiger partial charge in [-0.05, 0) is 43.9 Å². The van der Waals surface area contributed by atoms with Gasteiger partial charge in [-0.15, -0.1) is 0 Å². The molecule has 1 saturated heterocycles. The zero-order chi connectivity index (χ0) is 11.3. The van der Waals surface area contributed by atoms with Crippen molar-refractivity contribution in [2.75, 3.05) is 6.61 Å². The highest BCUT2D eigenvalue weighted by Crippen LogP contribution is 2.24. The van der Waals surface area contributed by atoms with E-state index >= 15 is 0 Å². The minimum absolute atomic E-state index is 0.174. The summed E-state index contributed by atoms with van der Waals surface area (Å²) in [5, 5.41) is 9.88. The van der Waals surface area contributed by atoms with Crippen LogP contribution in [0.15, 0.2) is 0 Å². The fourth-order valence-corrected chi connectivity index (χ4v) is 2.01. The predicted octanol–water partition coefficient (Wildman–Crippen LogP) is 3.13. The summed E-state index contributed by atoms with van der Waals surface area (Å²) < 4.78 is 5.62. The van der Waals surface area contributed by atoms with E-state index in [1.54, 1.807) is 0 Å². The lowest BCUT2D eigenvalue weighted by molar-refractivity contribution is -0.0180. The smallest absolute Gasteiger partial charge is 0.0599 e. The second kappa shape index (κ2) is 5.86. The average Bonchev–Trinajstić information content (AvgIpc) is 2.15. The Morgan fingerprint density at radius 2 is 2.07 bits per heavy atom. The van der Waals surface area contributed by atoms with Gasteiger partial charge < -0.3 is 9.84 Å². The third-order valence-corrected chi connectivity index (χ3v) is 3.04. The molecule has 1 heterocycles. The molecule has 0 aromatic rings. The Morgan fingerprint density at radius 3 is 2.60 bits per heavy atom. The van der Waals surface area contributed by atoms with Crippen LogP contribution in [0.4, 0.5) is 0 Å². The number of aliphatic hydroxyl groups excluding tert-OH is 1. The van der Waals surface area contributed by atoms with Crippen molar-refractivity contribution in [2.24, 2.45) is 5.41 Å². The number of hydrogen-bond acceptors (Lipinski definition) is 2. The van der Waals surface area contributed by atoms with Gasteiger partial charge in [-0.2, -0.15) is 0 Å². The third-order valence-electron chi connectivity index (χ3n) is 3.04. The molecule has 15 heavy (non-hydrogen) atoms. The topological polar surface area (TPSA) is 29.5 Å². The fourth-order valence-electron chi connectivity index (χ4n) is 2.01. The van der Waals surface area contributed by atoms with Crippen molar-refractivity contribution in [3.63, 3.8) is 0 Å². The summed E-state index contributed by atoms with van der Waals surface area (Å²) in [5.41, 5.74) is 0.328. The van der Waals surface area contributed by atoms with E-state index in [1.807, 2.05) is 0 Å². The number of aliphatic hydroxyl groups is 1. The molecule has 2 atom stereocenters. The van der Waals surface area contributed by atoms with Crippen LogP contribution in [0.5, 0.6) is 0 Å². The molecule has 0 bridgehead atoms. The second-order valence-electron chi connectivity index (χ2n) is 5.98. The van der Waals surface area contributed by atoms with E-state index in [2.05, 4.69) is 20.8 Å². The number of rotatable bonds is 4. The molecule has 1 N–H and O–H groups in total. The Bertz CT molecular complexity index is 166. The SMILES string of the molecule is CC(C)(C)CCC(O)CC1CCCCO1. The summed E-state index contributed by atoms with van der Waals surface area (Å²) >= 11 is 0. The van der Waals surface area contributed by atoms with E-state index in [9.17, 15) is 5.11 Å². The van der Waals surface area contributed by atoms with Crippen LogP contribution in [0, 0.1) is 5.41 Å². The maximum Gasteiger partial charge on any atom is 0.0599 e. The van der Waals surface area contributed by atoms with Gasteiger partial charge in [0.05, 0.1) is 12.2 Å². The van der Waals surface area contributed by atoms with E-state index in [0.29, 0.717) is 11.5 Å². The van der Waals surface area contributed by atoms with Crippen molar-refractivity contribution in [3.05, 3.63) is 0 Å². The van der Waals surface area contributed by atoms with Crippen molar-refractivity contribution in [3.8, 4) is 0 Å². The molecule has 0 saturated carbocycles. The van der Waals surface area contributed by atoms with Crippen LogP contribution < -0.4 is 0 Å². The normalized spacial score (nSPS) is 25.2. The largest absolute Gasteiger partial charge is 0.393 e. The Morgan fingerprint density at radius 1 is 1.33 bits per heavy atom. The third kappa shape index (κ3) is 6.16. The van der Waals surface area contributed by atoms with Crippen LogP contribution in [0.3, 0.4) is 0 Å². The molecule has 0 aliphatic carbocycles. The number of ether oxygens (including phenoxy) is 1. The van der Waals surface area contributed by atoms with Gasteiger partial charge >= 0.3 is 0 Å². The monoisotopic (exact) mass is 214 g/mol. The number of hydrogen-bond donors (Lipinski definition) is 1. The molecular weight excluding hydrogens is 188 g/mol. The zero-order valence-corrected chi connectivity index (χ0v) is 10.5. The van der Waals surface area contributed by atoms with Gasteiger partial charge in [-0.25, -0.2) is 0 Å². The van der Waals surface area contributed by atoms with Crippen molar-refractivity contribution >= 4 is 0 Å². The standard InChI is InChI=1S/C13H26O2/c1-13(2,3)8-7-11(14)10-12-6-4-5-9-15-12/h11-12,14H,4-10H2,1-3H3. The van der Waals surface area contributed by atoms with Crippen LogP contribution >= 0.6 is 0 Å². The van der Waals surface area contributed by atoms with E-state index in [1.165, 1.54) is 12.8 Å². The summed E-state index contributed by atoms with van der Waals surface area (Å²) in [4.78, 5) is 0. The first-order valence-electron chi connectivity index (χ1n) is 6.27. The highest BCUT2D eigenvalue weighted by Gasteiger charge is 2.19. The van der Waals surface area contributed by atoms with Gasteiger partial charge in [-0.3, -0.25) is 0 Å². The van der Waals surface area contributed by atoms with Crippen LogP contribution in [0.25, 0.3) is 0 Å². The zero-order valence-electron chi connectivity index (χ0n) is 10.5. The molecule has 90 valence electrons.